The van der Waals surface area contributed by atoms with Crippen LogP contribution in [0.2, 0.25) is 0 Å². The van der Waals surface area contributed by atoms with Crippen molar-refractivity contribution in [3.8, 4) is 6.07 Å². The first-order valence-corrected chi connectivity index (χ1v) is 8.63. The van der Waals surface area contributed by atoms with Crippen LogP contribution >= 0.6 is 11.8 Å². The summed E-state index contributed by atoms with van der Waals surface area (Å²) < 4.78 is 0. The number of aryl methyl sites for hydroxylation is 2. The number of carbonyl (C=O) groups excluding carboxylic acids is 1. The van der Waals surface area contributed by atoms with Crippen LogP contribution < -0.4 is 5.32 Å². The normalized spacial score (nSPS) is 11.7. The van der Waals surface area contributed by atoms with Crippen molar-refractivity contribution >= 4 is 23.4 Å². The third-order valence-corrected chi connectivity index (χ3v) is 5.14. The molecule has 0 spiro atoms. The van der Waals surface area contributed by atoms with E-state index in [1.54, 1.807) is 0 Å². The standard InChI is InChI=1S/C19H21N3OS/c1-11-6-8-16(9-7-11)22-18(23)15(5)24-19-17(10-20)13(3)12(2)14(4)21-19/h6-9,15H,1-5H3,(H,22,23)/t15-/m1/s1. The van der Waals surface area contributed by atoms with Crippen LogP contribution in [-0.2, 0) is 4.79 Å². The lowest BCUT2D eigenvalue weighted by Crippen LogP contribution is -2.22. The van der Waals surface area contributed by atoms with E-state index in [0.29, 0.717) is 10.6 Å². The van der Waals surface area contributed by atoms with E-state index in [2.05, 4.69) is 16.4 Å². The van der Waals surface area contributed by atoms with Gasteiger partial charge in [0.15, 0.2) is 0 Å². The van der Waals surface area contributed by atoms with Gasteiger partial charge in [0.1, 0.15) is 11.1 Å². The molecule has 124 valence electrons. The maximum Gasteiger partial charge on any atom is 0.237 e. The quantitative estimate of drug-likeness (QED) is 0.843. The highest BCUT2D eigenvalue weighted by molar-refractivity contribution is 8.00. The number of benzene rings is 1. The summed E-state index contributed by atoms with van der Waals surface area (Å²) in [6, 6.07) is 9.88. The molecule has 0 bridgehead atoms. The molecule has 2 rings (SSSR count). The molecule has 1 aromatic heterocycles. The number of hydrogen-bond donors (Lipinski definition) is 1. The van der Waals surface area contributed by atoms with E-state index in [-0.39, 0.29) is 11.2 Å². The monoisotopic (exact) mass is 339 g/mol. The zero-order valence-electron chi connectivity index (χ0n) is 14.6. The highest BCUT2D eigenvalue weighted by Crippen LogP contribution is 2.29. The number of hydrogen-bond acceptors (Lipinski definition) is 4. The number of nitriles is 1. The summed E-state index contributed by atoms with van der Waals surface area (Å²) in [7, 11) is 0. The number of nitrogens with one attached hydrogen (secondary N) is 1. The van der Waals surface area contributed by atoms with Crippen LogP contribution in [0.3, 0.4) is 0 Å². The molecule has 1 heterocycles. The summed E-state index contributed by atoms with van der Waals surface area (Å²) in [5.74, 6) is -0.106. The van der Waals surface area contributed by atoms with Crippen molar-refractivity contribution in [2.24, 2.45) is 0 Å². The topological polar surface area (TPSA) is 65.8 Å². The van der Waals surface area contributed by atoms with Crippen molar-refractivity contribution in [2.45, 2.75) is 44.9 Å². The molecule has 1 aromatic carbocycles. The fraction of sp³-hybridized carbons (Fsp3) is 0.316. The van der Waals surface area contributed by atoms with Gasteiger partial charge in [-0.05, 0) is 57.9 Å². The lowest BCUT2D eigenvalue weighted by molar-refractivity contribution is -0.115. The van der Waals surface area contributed by atoms with Gasteiger partial charge in [0, 0.05) is 11.4 Å². The van der Waals surface area contributed by atoms with Crippen molar-refractivity contribution in [2.75, 3.05) is 5.32 Å². The Labute approximate surface area is 147 Å². The first kappa shape index (κ1) is 18.0. The first-order chi connectivity index (χ1) is 11.3. The van der Waals surface area contributed by atoms with Gasteiger partial charge in [-0.15, -0.1) is 0 Å². The number of thioether (sulfide) groups is 1. The predicted molar refractivity (Wildman–Crippen MR) is 98.3 cm³/mol. The molecule has 0 radical (unpaired) electrons. The van der Waals surface area contributed by atoms with Crippen LogP contribution in [0.15, 0.2) is 29.3 Å². The molecule has 1 N–H and O–H groups in total. The predicted octanol–water partition coefficient (Wildman–Crippen LogP) is 4.31. The highest BCUT2D eigenvalue weighted by atomic mass is 32.2. The summed E-state index contributed by atoms with van der Waals surface area (Å²) in [6.07, 6.45) is 0. The molecule has 0 saturated heterocycles. The van der Waals surface area contributed by atoms with Gasteiger partial charge in [-0.25, -0.2) is 4.98 Å². The molecule has 2 aromatic rings. The minimum absolute atomic E-state index is 0.106. The zero-order valence-corrected chi connectivity index (χ0v) is 15.4. The maximum atomic E-state index is 12.4. The molecule has 1 atom stereocenters. The summed E-state index contributed by atoms with van der Waals surface area (Å²) >= 11 is 1.32. The van der Waals surface area contributed by atoms with E-state index in [4.69, 9.17) is 0 Å². The van der Waals surface area contributed by atoms with E-state index < -0.39 is 0 Å². The van der Waals surface area contributed by atoms with E-state index in [0.717, 1.165) is 28.1 Å². The van der Waals surface area contributed by atoms with Gasteiger partial charge in [0.05, 0.1) is 10.8 Å². The van der Waals surface area contributed by atoms with Gasteiger partial charge in [0.2, 0.25) is 5.91 Å². The number of nitrogens with zero attached hydrogens (tertiary/aromatic N) is 2. The average molecular weight is 339 g/mol. The molecular weight excluding hydrogens is 318 g/mol. The molecule has 5 heteroatoms. The Morgan fingerprint density at radius 3 is 2.38 bits per heavy atom. The molecule has 4 nitrogen and oxygen atoms in total. The second kappa shape index (κ2) is 7.50. The minimum atomic E-state index is -0.354. The van der Waals surface area contributed by atoms with Crippen molar-refractivity contribution in [3.05, 3.63) is 52.2 Å². The Morgan fingerprint density at radius 2 is 1.79 bits per heavy atom. The highest BCUT2D eigenvalue weighted by Gasteiger charge is 2.20. The molecule has 1 amide bonds. The van der Waals surface area contributed by atoms with Gasteiger partial charge in [-0.2, -0.15) is 5.26 Å². The summed E-state index contributed by atoms with van der Waals surface area (Å²) in [6.45, 7) is 9.62. The number of amides is 1. The van der Waals surface area contributed by atoms with Crippen molar-refractivity contribution < 1.29 is 4.79 Å². The van der Waals surface area contributed by atoms with E-state index in [1.165, 1.54) is 11.8 Å². The maximum absolute atomic E-state index is 12.4. The molecule has 24 heavy (non-hydrogen) atoms. The molecule has 0 fully saturated rings. The molecule has 0 unspecified atom stereocenters. The van der Waals surface area contributed by atoms with Crippen LogP contribution in [-0.4, -0.2) is 16.1 Å². The van der Waals surface area contributed by atoms with E-state index in [9.17, 15) is 10.1 Å². The SMILES string of the molecule is Cc1ccc(NC(=O)[C@@H](C)Sc2nc(C)c(C)c(C)c2C#N)cc1. The van der Waals surface area contributed by atoms with Crippen molar-refractivity contribution in [1.29, 1.82) is 5.26 Å². The second-order valence-corrected chi connectivity index (χ2v) is 7.18. The van der Waals surface area contributed by atoms with Gasteiger partial charge < -0.3 is 5.32 Å². The van der Waals surface area contributed by atoms with Crippen molar-refractivity contribution in [1.82, 2.24) is 4.98 Å². The first-order valence-electron chi connectivity index (χ1n) is 7.75. The lowest BCUT2D eigenvalue weighted by atomic mass is 10.1. The molecular formula is C19H21N3OS. The largest absolute Gasteiger partial charge is 0.325 e. The fourth-order valence-electron chi connectivity index (χ4n) is 2.23. The smallest absolute Gasteiger partial charge is 0.237 e. The summed E-state index contributed by atoms with van der Waals surface area (Å²) in [5.41, 5.74) is 5.30. The Balaban J connectivity index is 2.17. The van der Waals surface area contributed by atoms with Gasteiger partial charge in [-0.1, -0.05) is 29.5 Å². The number of pyridine rings is 1. The number of aromatic nitrogens is 1. The number of carbonyl (C=O) groups is 1. The third kappa shape index (κ3) is 3.95. The van der Waals surface area contributed by atoms with Crippen LogP contribution in [0.1, 0.15) is 34.9 Å². The molecule has 0 aliphatic heterocycles. The van der Waals surface area contributed by atoms with Crippen LogP contribution in [0, 0.1) is 39.0 Å². The third-order valence-electron chi connectivity index (χ3n) is 4.05. The lowest BCUT2D eigenvalue weighted by Gasteiger charge is -2.15. The van der Waals surface area contributed by atoms with Crippen LogP contribution in [0.25, 0.3) is 0 Å². The Bertz CT molecular complexity index is 807. The number of rotatable bonds is 4. The van der Waals surface area contributed by atoms with Crippen LogP contribution in [0.4, 0.5) is 5.69 Å². The van der Waals surface area contributed by atoms with Gasteiger partial charge in [0.25, 0.3) is 0 Å². The zero-order chi connectivity index (χ0) is 17.9. The Hall–Kier alpha value is -2.32. The van der Waals surface area contributed by atoms with E-state index in [1.807, 2.05) is 58.9 Å². The molecule has 0 aliphatic carbocycles. The number of anilines is 1. The summed E-state index contributed by atoms with van der Waals surface area (Å²) in [5, 5.41) is 12.6. The Kier molecular flexibility index (Phi) is 5.63. The average Bonchev–Trinajstić information content (AvgIpc) is 2.55. The van der Waals surface area contributed by atoms with Gasteiger partial charge >= 0.3 is 0 Å². The van der Waals surface area contributed by atoms with E-state index >= 15 is 0 Å². The van der Waals surface area contributed by atoms with Gasteiger partial charge in [-0.3, -0.25) is 4.79 Å². The summed E-state index contributed by atoms with van der Waals surface area (Å²) in [4.78, 5) is 16.9. The Morgan fingerprint density at radius 1 is 1.17 bits per heavy atom. The molecule has 0 aliphatic rings. The second-order valence-electron chi connectivity index (χ2n) is 5.85. The minimum Gasteiger partial charge on any atom is -0.325 e. The molecule has 0 saturated carbocycles. The fourth-order valence-corrected chi connectivity index (χ4v) is 3.24. The van der Waals surface area contributed by atoms with Crippen molar-refractivity contribution in [3.63, 3.8) is 0 Å². The van der Waals surface area contributed by atoms with Crippen LogP contribution in [0.5, 0.6) is 0 Å².